The number of aromatic nitrogens is 2. The molecule has 5 aromatic rings. The minimum Gasteiger partial charge on any atom is -0.508 e. The van der Waals surface area contributed by atoms with E-state index in [1.807, 2.05) is 23.0 Å². The number of nitrogens with one attached hydrogen (secondary N) is 2. The highest BCUT2D eigenvalue weighted by atomic mass is 17.2. The van der Waals surface area contributed by atoms with Gasteiger partial charge in [0.15, 0.2) is 16.8 Å². The molecule has 1 saturated heterocycles. The Morgan fingerprint density at radius 3 is 2.59 bits per heavy atom. The van der Waals surface area contributed by atoms with E-state index in [9.17, 15) is 40.2 Å². The van der Waals surface area contributed by atoms with Gasteiger partial charge in [0.2, 0.25) is 5.91 Å². The number of aromatic hydroxyl groups is 1. The Labute approximate surface area is 333 Å². The highest BCUT2D eigenvalue weighted by Gasteiger charge is 2.53. The van der Waals surface area contributed by atoms with Crippen LogP contribution >= 0.6 is 0 Å². The van der Waals surface area contributed by atoms with Gasteiger partial charge in [0, 0.05) is 60.9 Å². The van der Waals surface area contributed by atoms with Gasteiger partial charge in [-0.1, -0.05) is 19.1 Å². The number of aliphatic hydroxyl groups excluding tert-OH is 4. The van der Waals surface area contributed by atoms with Crippen LogP contribution in [0.5, 0.6) is 11.5 Å². The first-order chi connectivity index (χ1) is 27.8. The number of nitrogens with zero attached hydrogens (tertiary/aromatic N) is 1. The molecule has 5 heterocycles. The SMILES string of the molecule is CCc1c2cc[nH]c2cn1-c1c2c(cc3c(=O)cc(C)oc13)C[C@@H](OOC[C@@](O)(Cc1ccc(O)cc1)[C@@H](O)[C@H](O)[C@H](O)CO)[C@]1(CCC[C@@H]([C@@H]3CNC(=O)C3)C1)O2. The summed E-state index contributed by atoms with van der Waals surface area (Å²) in [4.78, 5) is 41.5. The molecule has 3 aromatic heterocycles. The predicted molar refractivity (Wildman–Crippen MR) is 211 cm³/mol. The van der Waals surface area contributed by atoms with Crippen LogP contribution in [0.4, 0.5) is 0 Å². The molecular formula is C43H51N3O12. The Bertz CT molecular complexity index is 2350. The van der Waals surface area contributed by atoms with E-state index in [4.69, 9.17) is 18.9 Å². The summed E-state index contributed by atoms with van der Waals surface area (Å²) in [5.41, 5.74) is 0.517. The molecule has 1 amide bonds. The van der Waals surface area contributed by atoms with E-state index in [1.165, 1.54) is 30.3 Å². The van der Waals surface area contributed by atoms with Crippen LogP contribution in [0.3, 0.4) is 0 Å². The van der Waals surface area contributed by atoms with Crippen LogP contribution in [-0.4, -0.2) is 101 Å². The summed E-state index contributed by atoms with van der Waals surface area (Å²) in [5.74, 6) is 1.14. The topological polar surface area (TPSA) is 229 Å². The fraction of sp³-hybridized carbons (Fsp3) is 0.488. The number of ether oxygens (including phenoxy) is 1. The Hall–Kier alpha value is -4.74. The zero-order valence-corrected chi connectivity index (χ0v) is 32.5. The second-order valence-electron chi connectivity index (χ2n) is 16.4. The zero-order chi connectivity index (χ0) is 40.9. The van der Waals surface area contributed by atoms with E-state index in [-0.39, 0.29) is 41.8 Å². The van der Waals surface area contributed by atoms with Crippen molar-refractivity contribution in [3.63, 3.8) is 0 Å². The second-order valence-corrected chi connectivity index (χ2v) is 16.4. The van der Waals surface area contributed by atoms with Crippen LogP contribution in [0.25, 0.3) is 27.6 Å². The highest BCUT2D eigenvalue weighted by molar-refractivity contribution is 5.92. The number of fused-ring (bicyclic) bond motifs is 3. The molecule has 2 fully saturated rings. The van der Waals surface area contributed by atoms with Crippen molar-refractivity contribution in [1.82, 2.24) is 14.9 Å². The monoisotopic (exact) mass is 801 g/mol. The van der Waals surface area contributed by atoms with Crippen molar-refractivity contribution in [2.75, 3.05) is 19.8 Å². The maximum absolute atomic E-state index is 13.7. The van der Waals surface area contributed by atoms with Gasteiger partial charge < -0.3 is 54.7 Å². The summed E-state index contributed by atoms with van der Waals surface area (Å²) in [7, 11) is 0. The smallest absolute Gasteiger partial charge is 0.220 e. The van der Waals surface area contributed by atoms with Gasteiger partial charge in [-0.2, -0.15) is 0 Å². The van der Waals surface area contributed by atoms with E-state index >= 15 is 0 Å². The Kier molecular flexibility index (Phi) is 10.9. The number of carbonyl (C=O) groups excluding carboxylic acids is 1. The van der Waals surface area contributed by atoms with E-state index in [1.54, 1.807) is 13.0 Å². The van der Waals surface area contributed by atoms with E-state index in [2.05, 4.69) is 17.2 Å². The summed E-state index contributed by atoms with van der Waals surface area (Å²) < 4.78 is 15.7. The molecule has 58 heavy (non-hydrogen) atoms. The molecule has 8 N–H and O–H groups in total. The molecule has 15 heteroatoms. The molecule has 2 aromatic carbocycles. The fourth-order valence-corrected chi connectivity index (χ4v) is 9.45. The van der Waals surface area contributed by atoms with Crippen molar-refractivity contribution in [1.29, 1.82) is 0 Å². The van der Waals surface area contributed by atoms with Crippen LogP contribution in [0.2, 0.25) is 0 Å². The third-order valence-electron chi connectivity index (χ3n) is 12.5. The molecule has 0 radical (unpaired) electrons. The molecule has 15 nitrogen and oxygen atoms in total. The van der Waals surface area contributed by atoms with Gasteiger partial charge in [-0.15, -0.1) is 0 Å². The molecular weight excluding hydrogens is 750 g/mol. The van der Waals surface area contributed by atoms with Gasteiger partial charge in [0.25, 0.3) is 0 Å². The number of carbonyl (C=O) groups is 1. The molecule has 8 rings (SSSR count). The summed E-state index contributed by atoms with van der Waals surface area (Å²) in [6.07, 6.45) is 0.995. The molecule has 0 unspecified atom stereocenters. The van der Waals surface area contributed by atoms with Crippen LogP contribution in [0.15, 0.2) is 64.1 Å². The third-order valence-corrected chi connectivity index (χ3v) is 12.5. The van der Waals surface area contributed by atoms with Crippen molar-refractivity contribution in [2.45, 2.75) is 101 Å². The lowest BCUT2D eigenvalue weighted by Gasteiger charge is -2.49. The first-order valence-electron chi connectivity index (χ1n) is 20.0. The first-order valence-corrected chi connectivity index (χ1v) is 20.0. The number of H-pyrrole nitrogens is 1. The van der Waals surface area contributed by atoms with Crippen LogP contribution in [0.1, 0.15) is 61.6 Å². The number of aromatic amines is 1. The quantitative estimate of drug-likeness (QED) is 0.0635. The number of hydrogen-bond donors (Lipinski definition) is 8. The first kappa shape index (κ1) is 40.1. The van der Waals surface area contributed by atoms with E-state index in [0.717, 1.165) is 29.4 Å². The van der Waals surface area contributed by atoms with Crippen molar-refractivity contribution in [2.24, 2.45) is 11.8 Å². The summed E-state index contributed by atoms with van der Waals surface area (Å²) in [5, 5.41) is 67.8. The number of aliphatic hydroxyl groups is 5. The predicted octanol–water partition coefficient (Wildman–Crippen LogP) is 3.01. The molecule has 2 aliphatic heterocycles. The van der Waals surface area contributed by atoms with Gasteiger partial charge >= 0.3 is 0 Å². The number of phenols is 1. The standard InChI is InChI=1S/C43H51N3O12/c1-3-32-29-10-12-44-31(29)20-46(32)37-39-26(14-30-33(49)13-23(2)56-40(30)37)15-35(43(57-39)11-4-5-25(18-43)27-16-36(51)45-19-27)58-55-22-42(54,41(53)38(52)34(50)21-47)17-24-6-8-28(48)9-7-24/h6-10,12-14,20,25,27,34-35,38,41,44,47-48,50,52-54H,3-5,11,15-19,21-22H2,1-2H3,(H,45,51)/t25-,27+,34-,35-,38-,41+,42+,43-/m1/s1. The molecule has 3 aliphatic rings. The zero-order valence-electron chi connectivity index (χ0n) is 32.5. The van der Waals surface area contributed by atoms with Crippen molar-refractivity contribution >= 4 is 27.8 Å². The van der Waals surface area contributed by atoms with Gasteiger partial charge in [0.1, 0.15) is 59.4 Å². The molecule has 0 bridgehead atoms. The molecule has 8 atom stereocenters. The number of phenolic OH excluding ortho intramolecular Hbond substituents is 1. The number of hydrogen-bond acceptors (Lipinski definition) is 12. The fourth-order valence-electron chi connectivity index (χ4n) is 9.45. The lowest BCUT2D eigenvalue weighted by molar-refractivity contribution is -0.374. The van der Waals surface area contributed by atoms with Gasteiger partial charge in [-0.3, -0.25) is 9.59 Å². The Morgan fingerprint density at radius 2 is 1.86 bits per heavy atom. The lowest BCUT2D eigenvalue weighted by Crippen LogP contribution is -2.58. The average molecular weight is 802 g/mol. The lowest BCUT2D eigenvalue weighted by atomic mass is 9.68. The van der Waals surface area contributed by atoms with Crippen molar-refractivity contribution in [3.8, 4) is 17.2 Å². The maximum atomic E-state index is 13.7. The summed E-state index contributed by atoms with van der Waals surface area (Å²) in [6.45, 7) is 2.79. The molecule has 310 valence electrons. The van der Waals surface area contributed by atoms with Crippen molar-refractivity contribution in [3.05, 3.63) is 87.7 Å². The van der Waals surface area contributed by atoms with Crippen molar-refractivity contribution < 1.29 is 54.4 Å². The Morgan fingerprint density at radius 1 is 1.07 bits per heavy atom. The molecule has 1 saturated carbocycles. The highest BCUT2D eigenvalue weighted by Crippen LogP contribution is 2.51. The summed E-state index contributed by atoms with van der Waals surface area (Å²) >= 11 is 0. The van der Waals surface area contributed by atoms with Crippen LogP contribution < -0.4 is 15.5 Å². The van der Waals surface area contributed by atoms with Gasteiger partial charge in [0.05, 0.1) is 17.5 Å². The van der Waals surface area contributed by atoms with Crippen LogP contribution in [0, 0.1) is 18.8 Å². The number of benzene rings is 2. The minimum atomic E-state index is -2.26. The largest absolute Gasteiger partial charge is 0.508 e. The minimum absolute atomic E-state index is 0.00482. The van der Waals surface area contributed by atoms with E-state index in [0.29, 0.717) is 71.5 Å². The third kappa shape index (κ3) is 7.29. The summed E-state index contributed by atoms with van der Waals surface area (Å²) in [6, 6.07) is 11.1. The van der Waals surface area contributed by atoms with Gasteiger partial charge in [-0.05, 0) is 80.7 Å². The number of rotatable bonds is 13. The maximum Gasteiger partial charge on any atom is 0.220 e. The molecule has 1 aliphatic carbocycles. The number of amides is 1. The molecule has 1 spiro atoms. The number of aryl methyl sites for hydroxylation is 2. The Balaban J connectivity index is 1.20. The second kappa shape index (κ2) is 15.8. The van der Waals surface area contributed by atoms with E-state index < -0.39 is 48.8 Å². The average Bonchev–Trinajstić information content (AvgIpc) is 3.94. The van der Waals surface area contributed by atoms with Crippen LogP contribution in [-0.2, 0) is 33.8 Å². The normalized spacial score (nSPS) is 24.7. The van der Waals surface area contributed by atoms with Gasteiger partial charge in [-0.25, -0.2) is 9.78 Å².